The highest BCUT2D eigenvalue weighted by atomic mass is 16.4. The molecule has 2 heterocycles. The van der Waals surface area contributed by atoms with Gasteiger partial charge < -0.3 is 38.3 Å². The zero-order chi connectivity index (χ0) is 32.2. The van der Waals surface area contributed by atoms with Crippen LogP contribution in [-0.2, 0) is 13.0 Å². The summed E-state index contributed by atoms with van der Waals surface area (Å²) >= 11 is 0. The first-order valence-electron chi connectivity index (χ1n) is 13.8. The Morgan fingerprint density at radius 3 is 2.53 bits per heavy atom. The fourth-order valence-corrected chi connectivity index (χ4v) is 5.62. The van der Waals surface area contributed by atoms with Gasteiger partial charge in [-0.3, -0.25) is 23.6 Å². The zero-order valence-electron chi connectivity index (χ0n) is 23.8. The number of aromatic carboxylic acids is 1. The zero-order valence-corrected chi connectivity index (χ0v) is 23.8. The molecule has 3 aromatic carbocycles. The second-order valence-electron chi connectivity index (χ2n) is 10.7. The highest BCUT2D eigenvalue weighted by Gasteiger charge is 2.29. The first-order chi connectivity index (χ1) is 21.4. The molecule has 1 atom stereocenters. The second-order valence-corrected chi connectivity index (χ2v) is 10.7. The minimum Gasteiger partial charge on any atom is -0.478 e. The number of carboxylic acids is 1. The maximum Gasteiger partial charge on any atom is 0.335 e. The number of nitrogen functional groups attached to an aromatic ring is 3. The van der Waals surface area contributed by atoms with E-state index in [-0.39, 0.29) is 52.3 Å². The molecule has 0 saturated heterocycles. The van der Waals surface area contributed by atoms with Crippen molar-refractivity contribution in [2.45, 2.75) is 32.4 Å². The molecule has 5 aromatic rings. The van der Waals surface area contributed by atoms with Crippen molar-refractivity contribution in [1.82, 2.24) is 25.0 Å². The number of amides is 2. The SMILES string of the molecule is Cc1c(C(=O)O)ccc2c1CC[C@@H]2NC(=O)c1cc(C(=O)NCc2cccc(Nc3c(N)c(=O)c3=O)c2)nc2c(N)nc(N)n12. The first kappa shape index (κ1) is 28.9. The second kappa shape index (κ2) is 10.8. The Morgan fingerprint density at radius 1 is 1.02 bits per heavy atom. The predicted octanol–water partition coefficient (Wildman–Crippen LogP) is 1.17. The molecular formula is C30H27N9O6. The van der Waals surface area contributed by atoms with Gasteiger partial charge >= 0.3 is 5.97 Å². The molecule has 0 aliphatic heterocycles. The van der Waals surface area contributed by atoms with E-state index < -0.39 is 34.7 Å². The van der Waals surface area contributed by atoms with Gasteiger partial charge in [-0.15, -0.1) is 0 Å². The van der Waals surface area contributed by atoms with E-state index >= 15 is 0 Å². The van der Waals surface area contributed by atoms with Crippen LogP contribution in [0, 0.1) is 6.92 Å². The normalized spacial score (nSPS) is 13.9. The molecule has 0 radical (unpaired) electrons. The number of aromatic nitrogens is 3. The van der Waals surface area contributed by atoms with Crippen molar-refractivity contribution < 1.29 is 19.5 Å². The highest BCUT2D eigenvalue weighted by molar-refractivity contribution is 5.99. The molecule has 6 rings (SSSR count). The third kappa shape index (κ3) is 4.95. The van der Waals surface area contributed by atoms with Gasteiger partial charge in [-0.1, -0.05) is 18.2 Å². The molecule has 0 fully saturated rings. The van der Waals surface area contributed by atoms with Crippen molar-refractivity contribution in [3.05, 3.63) is 102 Å². The maximum absolute atomic E-state index is 13.6. The minimum absolute atomic E-state index is 0.0170. The lowest BCUT2D eigenvalue weighted by Gasteiger charge is -2.17. The van der Waals surface area contributed by atoms with Crippen LogP contribution in [0.3, 0.4) is 0 Å². The van der Waals surface area contributed by atoms with Crippen molar-refractivity contribution >= 4 is 52.3 Å². The van der Waals surface area contributed by atoms with Crippen LogP contribution in [0.1, 0.15) is 66.1 Å². The number of fused-ring (bicyclic) bond motifs is 2. The van der Waals surface area contributed by atoms with Crippen molar-refractivity contribution in [2.24, 2.45) is 0 Å². The molecule has 15 heteroatoms. The lowest BCUT2D eigenvalue weighted by atomic mass is 9.98. The fourth-order valence-electron chi connectivity index (χ4n) is 5.62. The van der Waals surface area contributed by atoms with E-state index in [0.29, 0.717) is 29.7 Å². The van der Waals surface area contributed by atoms with Crippen molar-refractivity contribution in [3.63, 3.8) is 0 Å². The smallest absolute Gasteiger partial charge is 0.335 e. The van der Waals surface area contributed by atoms with Crippen molar-refractivity contribution in [1.29, 1.82) is 0 Å². The van der Waals surface area contributed by atoms with Gasteiger partial charge in [0, 0.05) is 12.2 Å². The number of anilines is 5. The quantitative estimate of drug-likeness (QED) is 0.122. The number of hydrogen-bond donors (Lipinski definition) is 7. The molecule has 228 valence electrons. The van der Waals surface area contributed by atoms with E-state index in [2.05, 4.69) is 25.9 Å². The number of nitrogens with two attached hydrogens (primary N) is 3. The molecule has 45 heavy (non-hydrogen) atoms. The molecule has 1 aliphatic carbocycles. The molecule has 0 bridgehead atoms. The van der Waals surface area contributed by atoms with Crippen LogP contribution in [0.5, 0.6) is 0 Å². The number of hydrogen-bond acceptors (Lipinski definition) is 11. The van der Waals surface area contributed by atoms with Crippen LogP contribution in [0.2, 0.25) is 0 Å². The largest absolute Gasteiger partial charge is 0.478 e. The summed E-state index contributed by atoms with van der Waals surface area (Å²) in [5.41, 5.74) is 19.7. The van der Waals surface area contributed by atoms with Gasteiger partial charge in [-0.25, -0.2) is 9.78 Å². The minimum atomic E-state index is -1.02. The van der Waals surface area contributed by atoms with Gasteiger partial charge in [-0.05, 0) is 66.3 Å². The van der Waals surface area contributed by atoms with E-state index in [1.165, 1.54) is 16.5 Å². The monoisotopic (exact) mass is 609 g/mol. The van der Waals surface area contributed by atoms with Gasteiger partial charge in [0.1, 0.15) is 22.8 Å². The van der Waals surface area contributed by atoms with E-state index in [1.807, 2.05) is 0 Å². The molecule has 15 nitrogen and oxygen atoms in total. The number of rotatable bonds is 8. The molecule has 0 unspecified atom stereocenters. The summed E-state index contributed by atoms with van der Waals surface area (Å²) in [6.07, 6.45) is 1.14. The van der Waals surface area contributed by atoms with Crippen LogP contribution in [0.4, 0.5) is 28.8 Å². The van der Waals surface area contributed by atoms with Crippen LogP contribution >= 0.6 is 0 Å². The first-order valence-corrected chi connectivity index (χ1v) is 13.8. The fraction of sp³-hybridized carbons (Fsp3) is 0.167. The summed E-state index contributed by atoms with van der Waals surface area (Å²) in [6.45, 7) is 1.80. The number of benzene rings is 2. The molecule has 10 N–H and O–H groups in total. The van der Waals surface area contributed by atoms with Crippen LogP contribution in [0.25, 0.3) is 5.65 Å². The third-order valence-electron chi connectivity index (χ3n) is 7.94. The van der Waals surface area contributed by atoms with E-state index in [9.17, 15) is 29.1 Å². The summed E-state index contributed by atoms with van der Waals surface area (Å²) in [5.74, 6) is -2.35. The number of nitrogens with one attached hydrogen (secondary N) is 3. The number of carboxylic acid groups (broad SMARTS) is 1. The summed E-state index contributed by atoms with van der Waals surface area (Å²) in [6, 6.07) is 10.9. The van der Waals surface area contributed by atoms with E-state index in [1.54, 1.807) is 37.3 Å². The Kier molecular flexibility index (Phi) is 6.92. The van der Waals surface area contributed by atoms with Gasteiger partial charge in [-0.2, -0.15) is 4.98 Å². The van der Waals surface area contributed by atoms with Gasteiger partial charge in [0.25, 0.3) is 22.7 Å². The average molecular weight is 610 g/mol. The van der Waals surface area contributed by atoms with Gasteiger partial charge in [0.05, 0.1) is 11.6 Å². The Morgan fingerprint density at radius 2 is 1.80 bits per heavy atom. The number of imidazole rings is 1. The summed E-state index contributed by atoms with van der Waals surface area (Å²) < 4.78 is 1.26. The molecule has 2 aromatic heterocycles. The number of carbonyl (C=O) groups is 3. The predicted molar refractivity (Wildman–Crippen MR) is 165 cm³/mol. The van der Waals surface area contributed by atoms with Gasteiger partial charge in [0.2, 0.25) is 5.95 Å². The summed E-state index contributed by atoms with van der Waals surface area (Å²) in [5, 5.41) is 18.0. The van der Waals surface area contributed by atoms with E-state index in [4.69, 9.17) is 17.2 Å². The van der Waals surface area contributed by atoms with Gasteiger partial charge in [0.15, 0.2) is 11.5 Å². The van der Waals surface area contributed by atoms with E-state index in [0.717, 1.165) is 11.1 Å². The van der Waals surface area contributed by atoms with Crippen molar-refractivity contribution in [3.8, 4) is 0 Å². The number of carbonyl (C=O) groups excluding carboxylic acids is 2. The Balaban J connectivity index is 1.23. The Bertz CT molecular complexity index is 2140. The van der Waals surface area contributed by atoms with Crippen LogP contribution in [-0.4, -0.2) is 37.3 Å². The molecule has 0 saturated carbocycles. The summed E-state index contributed by atoms with van der Waals surface area (Å²) in [4.78, 5) is 69.9. The van der Waals surface area contributed by atoms with Crippen LogP contribution in [0.15, 0.2) is 52.1 Å². The molecule has 1 aliphatic rings. The average Bonchev–Trinajstić information content (AvgIpc) is 3.57. The molecule has 2 amide bonds. The lowest BCUT2D eigenvalue weighted by Crippen LogP contribution is -2.36. The molecule has 0 spiro atoms. The third-order valence-corrected chi connectivity index (χ3v) is 7.94. The highest BCUT2D eigenvalue weighted by Crippen LogP contribution is 2.35. The Labute approximate surface area is 253 Å². The lowest BCUT2D eigenvalue weighted by molar-refractivity contribution is 0.0695. The maximum atomic E-state index is 13.6. The van der Waals surface area contributed by atoms with Crippen molar-refractivity contribution in [2.75, 3.05) is 22.5 Å². The topological polar surface area (TPSA) is 250 Å². The molecular weight excluding hydrogens is 582 g/mol. The van der Waals surface area contributed by atoms with Crippen LogP contribution < -0.4 is 44.0 Å². The Hall–Kier alpha value is -6.25. The standard InChI is InChI=1S/C30H27N9O6/c1-12-15-7-8-18(17(15)6-5-16(12)29(44)45)37-28(43)20-10-19(36-26-25(32)38-30(33)39(20)26)27(42)34-11-13-3-2-4-14(9-13)35-22-21(31)23(40)24(22)41/h2-6,9-10,18,35H,7-8,11,31-32H2,1H3,(H2,33,38)(H,34,42)(H,37,43)(H,44,45)/t18-/m0/s1. The number of nitrogens with zero attached hydrogens (tertiary/aromatic N) is 3. The summed E-state index contributed by atoms with van der Waals surface area (Å²) in [7, 11) is 0.